The molecule has 1 aliphatic carbocycles. The zero-order chi connectivity index (χ0) is 21.3. The van der Waals surface area contributed by atoms with Gasteiger partial charge in [0.25, 0.3) is 5.91 Å². The molecule has 1 saturated carbocycles. The maximum Gasteiger partial charge on any atom is 0.307 e. The smallest absolute Gasteiger partial charge is 0.307 e. The number of rotatable bonds is 10. The van der Waals surface area contributed by atoms with Gasteiger partial charge < -0.3 is 14.8 Å². The first-order chi connectivity index (χ1) is 13.8. The summed E-state index contributed by atoms with van der Waals surface area (Å²) in [5, 5.41) is 2.90. The van der Waals surface area contributed by atoms with Gasteiger partial charge in [-0.3, -0.25) is 9.59 Å². The molecule has 1 amide bonds. The molecule has 1 fully saturated rings. The van der Waals surface area contributed by atoms with Crippen molar-refractivity contribution in [2.24, 2.45) is 0 Å². The van der Waals surface area contributed by atoms with E-state index in [0.717, 1.165) is 25.7 Å². The van der Waals surface area contributed by atoms with Gasteiger partial charge in [-0.1, -0.05) is 19.3 Å². The van der Waals surface area contributed by atoms with Crippen molar-refractivity contribution in [3.05, 3.63) is 24.3 Å². The summed E-state index contributed by atoms with van der Waals surface area (Å²) in [4.78, 5) is 24.1. The van der Waals surface area contributed by atoms with Crippen LogP contribution >= 0.6 is 0 Å². The maximum absolute atomic E-state index is 12.3. The van der Waals surface area contributed by atoms with E-state index in [0.29, 0.717) is 12.4 Å². The number of ether oxygens (including phenoxy) is 2. The second-order valence-corrected chi connectivity index (χ2v) is 8.79. The number of carbonyl (C=O) groups excluding carboxylic acids is 2. The molecule has 0 aromatic heterocycles. The molecule has 0 radical (unpaired) electrons. The molecule has 0 aliphatic heterocycles. The predicted octanol–water partition coefficient (Wildman–Crippen LogP) is 2.13. The van der Waals surface area contributed by atoms with Gasteiger partial charge in [-0.05, 0) is 51.0 Å². The Hall–Kier alpha value is -2.13. The third-order valence-corrected chi connectivity index (χ3v) is 6.17. The zero-order valence-corrected chi connectivity index (χ0v) is 17.8. The quantitative estimate of drug-likeness (QED) is 0.555. The Morgan fingerprint density at radius 1 is 1.14 bits per heavy atom. The Balaban J connectivity index is 1.74. The van der Waals surface area contributed by atoms with Gasteiger partial charge in [-0.15, -0.1) is 0 Å². The van der Waals surface area contributed by atoms with Gasteiger partial charge in [-0.2, -0.15) is 0 Å². The largest absolute Gasteiger partial charge is 0.494 e. The molecule has 1 aromatic rings. The molecule has 1 unspecified atom stereocenters. The first-order valence-electron chi connectivity index (χ1n) is 10.0. The molecule has 1 aliphatic rings. The van der Waals surface area contributed by atoms with Gasteiger partial charge in [0.05, 0.1) is 17.9 Å². The van der Waals surface area contributed by atoms with E-state index in [9.17, 15) is 18.0 Å². The van der Waals surface area contributed by atoms with Gasteiger partial charge in [0, 0.05) is 12.6 Å². The van der Waals surface area contributed by atoms with Crippen molar-refractivity contribution in [1.82, 2.24) is 10.0 Å². The van der Waals surface area contributed by atoms with Crippen LogP contribution in [0, 0.1) is 0 Å². The summed E-state index contributed by atoms with van der Waals surface area (Å²) >= 11 is 0. The number of nitrogens with one attached hydrogen (secondary N) is 2. The summed E-state index contributed by atoms with van der Waals surface area (Å²) in [7, 11) is -3.74. The summed E-state index contributed by atoms with van der Waals surface area (Å²) in [6, 6.07) is 6.14. The lowest BCUT2D eigenvalue weighted by molar-refractivity contribution is -0.155. The summed E-state index contributed by atoms with van der Waals surface area (Å²) in [5.74, 6) is -0.374. The third kappa shape index (κ3) is 7.66. The van der Waals surface area contributed by atoms with Gasteiger partial charge in [0.2, 0.25) is 10.0 Å². The van der Waals surface area contributed by atoms with E-state index >= 15 is 0 Å². The van der Waals surface area contributed by atoms with Gasteiger partial charge >= 0.3 is 5.97 Å². The van der Waals surface area contributed by atoms with E-state index in [1.807, 2.05) is 6.92 Å². The highest BCUT2D eigenvalue weighted by atomic mass is 32.2. The van der Waals surface area contributed by atoms with Crippen molar-refractivity contribution < 1.29 is 27.5 Å². The Morgan fingerprint density at radius 2 is 1.79 bits per heavy atom. The minimum atomic E-state index is -3.74. The fraction of sp³-hybridized carbons (Fsp3) is 0.600. The Morgan fingerprint density at radius 3 is 2.41 bits per heavy atom. The van der Waals surface area contributed by atoms with Crippen LogP contribution in [0.4, 0.5) is 0 Å². The molecule has 9 heteroatoms. The average Bonchev–Trinajstić information content (AvgIpc) is 2.69. The molecular formula is C20H30N2O6S. The maximum atomic E-state index is 12.3. The van der Waals surface area contributed by atoms with E-state index in [1.54, 1.807) is 12.1 Å². The fourth-order valence-corrected chi connectivity index (χ4v) is 4.16. The van der Waals surface area contributed by atoms with Crippen LogP contribution in [0.3, 0.4) is 0 Å². The molecule has 0 saturated heterocycles. The van der Waals surface area contributed by atoms with Gasteiger partial charge in [0.1, 0.15) is 5.75 Å². The minimum absolute atomic E-state index is 0.0783. The standard InChI is InChI=1S/C20H30N2O6S/c1-3-27-17-9-11-18(12-10-17)29(25,26)21-14-13-19(23)28-15(2)20(24)22-16-7-5-4-6-8-16/h9-12,15-16,21H,3-8,13-14H2,1-2H3,(H,22,24). The molecule has 162 valence electrons. The van der Waals surface area contributed by atoms with Crippen LogP contribution in [0.15, 0.2) is 29.2 Å². The van der Waals surface area contributed by atoms with Crippen molar-refractivity contribution in [1.29, 1.82) is 0 Å². The predicted molar refractivity (Wildman–Crippen MR) is 108 cm³/mol. The number of hydrogen-bond acceptors (Lipinski definition) is 6. The molecule has 1 aromatic carbocycles. The first-order valence-corrected chi connectivity index (χ1v) is 11.5. The SMILES string of the molecule is CCOc1ccc(S(=O)(=O)NCCC(=O)OC(C)C(=O)NC2CCCCC2)cc1. The molecule has 2 rings (SSSR count). The number of amides is 1. The summed E-state index contributed by atoms with van der Waals surface area (Å²) in [6.07, 6.45) is 4.17. The Labute approximate surface area is 172 Å². The summed E-state index contributed by atoms with van der Waals surface area (Å²) in [5.41, 5.74) is 0. The molecule has 2 N–H and O–H groups in total. The molecule has 29 heavy (non-hydrogen) atoms. The molecule has 0 heterocycles. The van der Waals surface area contributed by atoms with Crippen LogP contribution in [-0.2, 0) is 24.3 Å². The Bertz CT molecular complexity index is 773. The summed E-state index contributed by atoms with van der Waals surface area (Å²) < 4.78 is 37.3. The summed E-state index contributed by atoms with van der Waals surface area (Å²) in [6.45, 7) is 3.72. The van der Waals surface area contributed by atoms with E-state index in [1.165, 1.54) is 25.5 Å². The van der Waals surface area contributed by atoms with E-state index < -0.39 is 22.1 Å². The van der Waals surface area contributed by atoms with E-state index in [2.05, 4.69) is 10.0 Å². The van der Waals surface area contributed by atoms with Crippen molar-refractivity contribution in [2.45, 2.75) is 69.4 Å². The van der Waals surface area contributed by atoms with Crippen molar-refractivity contribution >= 4 is 21.9 Å². The average molecular weight is 427 g/mol. The Kier molecular flexibility index (Phi) is 8.91. The molecular weight excluding hydrogens is 396 g/mol. The van der Waals surface area contributed by atoms with Crippen LogP contribution in [0.5, 0.6) is 5.75 Å². The monoisotopic (exact) mass is 426 g/mol. The fourth-order valence-electron chi connectivity index (χ4n) is 3.13. The van der Waals surface area contributed by atoms with E-state index in [-0.39, 0.29) is 29.8 Å². The number of carbonyl (C=O) groups is 2. The molecule has 0 spiro atoms. The van der Waals surface area contributed by atoms with Crippen molar-refractivity contribution in [3.8, 4) is 5.75 Å². The topological polar surface area (TPSA) is 111 Å². The second-order valence-electron chi connectivity index (χ2n) is 7.03. The lowest BCUT2D eigenvalue weighted by Crippen LogP contribution is -2.43. The van der Waals surface area contributed by atoms with Crippen LogP contribution in [0.1, 0.15) is 52.4 Å². The lowest BCUT2D eigenvalue weighted by Gasteiger charge is -2.24. The van der Waals surface area contributed by atoms with Gasteiger partial charge in [-0.25, -0.2) is 13.1 Å². The van der Waals surface area contributed by atoms with Crippen molar-refractivity contribution in [3.63, 3.8) is 0 Å². The van der Waals surface area contributed by atoms with Crippen LogP contribution in [-0.4, -0.2) is 45.6 Å². The van der Waals surface area contributed by atoms with Gasteiger partial charge in [0.15, 0.2) is 6.10 Å². The number of esters is 1. The number of benzene rings is 1. The van der Waals surface area contributed by atoms with Crippen LogP contribution in [0.25, 0.3) is 0 Å². The second kappa shape index (κ2) is 11.2. The highest BCUT2D eigenvalue weighted by Gasteiger charge is 2.22. The normalized spacial score (nSPS) is 16.1. The number of sulfonamides is 1. The lowest BCUT2D eigenvalue weighted by atomic mass is 9.95. The highest BCUT2D eigenvalue weighted by molar-refractivity contribution is 7.89. The molecule has 1 atom stereocenters. The van der Waals surface area contributed by atoms with Crippen LogP contribution in [0.2, 0.25) is 0 Å². The highest BCUT2D eigenvalue weighted by Crippen LogP contribution is 2.18. The minimum Gasteiger partial charge on any atom is -0.494 e. The first kappa shape index (κ1) is 23.2. The van der Waals surface area contributed by atoms with E-state index in [4.69, 9.17) is 9.47 Å². The van der Waals surface area contributed by atoms with Crippen molar-refractivity contribution in [2.75, 3.05) is 13.2 Å². The zero-order valence-electron chi connectivity index (χ0n) is 17.0. The third-order valence-electron chi connectivity index (χ3n) is 4.70. The molecule has 8 nitrogen and oxygen atoms in total. The number of hydrogen-bond donors (Lipinski definition) is 2. The molecule has 0 bridgehead atoms. The van der Waals surface area contributed by atoms with Crippen LogP contribution < -0.4 is 14.8 Å².